The minimum Gasteiger partial charge on any atom is -0.380 e. The summed E-state index contributed by atoms with van der Waals surface area (Å²) >= 11 is 0. The first kappa shape index (κ1) is 17.7. The predicted molar refractivity (Wildman–Crippen MR) is 91.7 cm³/mol. The Kier molecular flexibility index (Phi) is 5.86. The SMILES string of the molecule is O=C1NCCOCCCN(C(=O)Nc2ccccc2F)[C@H]2CCC[C@@H]12. The van der Waals surface area contributed by atoms with Gasteiger partial charge in [-0.1, -0.05) is 18.6 Å². The number of anilines is 1. The van der Waals surface area contributed by atoms with Crippen LogP contribution < -0.4 is 10.6 Å². The van der Waals surface area contributed by atoms with Crippen LogP contribution in [0.3, 0.4) is 0 Å². The molecule has 0 unspecified atom stereocenters. The Morgan fingerprint density at radius 2 is 2.08 bits per heavy atom. The van der Waals surface area contributed by atoms with Crippen molar-refractivity contribution in [3.05, 3.63) is 30.1 Å². The lowest BCUT2D eigenvalue weighted by Gasteiger charge is -2.32. The zero-order valence-electron chi connectivity index (χ0n) is 14.2. The number of ether oxygens (including phenoxy) is 1. The largest absolute Gasteiger partial charge is 0.380 e. The van der Waals surface area contributed by atoms with Gasteiger partial charge in [-0.25, -0.2) is 9.18 Å². The Morgan fingerprint density at radius 3 is 2.92 bits per heavy atom. The number of fused-ring (bicyclic) bond motifs is 1. The maximum atomic E-state index is 13.8. The van der Waals surface area contributed by atoms with Gasteiger partial charge < -0.3 is 20.3 Å². The summed E-state index contributed by atoms with van der Waals surface area (Å²) in [5, 5.41) is 5.53. The summed E-state index contributed by atoms with van der Waals surface area (Å²) in [5.41, 5.74) is 0.150. The molecule has 0 spiro atoms. The van der Waals surface area contributed by atoms with Gasteiger partial charge in [0.05, 0.1) is 18.2 Å². The van der Waals surface area contributed by atoms with Crippen LogP contribution in [0.15, 0.2) is 24.3 Å². The van der Waals surface area contributed by atoms with Crippen molar-refractivity contribution in [2.45, 2.75) is 31.7 Å². The third-order valence-electron chi connectivity index (χ3n) is 4.83. The highest BCUT2D eigenvalue weighted by atomic mass is 19.1. The van der Waals surface area contributed by atoms with Gasteiger partial charge in [-0.2, -0.15) is 0 Å². The van der Waals surface area contributed by atoms with Crippen LogP contribution >= 0.6 is 0 Å². The summed E-state index contributed by atoms with van der Waals surface area (Å²) in [4.78, 5) is 26.9. The topological polar surface area (TPSA) is 70.7 Å². The number of carbonyl (C=O) groups excluding carboxylic acids is 2. The number of urea groups is 1. The van der Waals surface area contributed by atoms with E-state index in [2.05, 4.69) is 10.6 Å². The highest BCUT2D eigenvalue weighted by molar-refractivity contribution is 5.90. The van der Waals surface area contributed by atoms with Gasteiger partial charge in [0, 0.05) is 25.7 Å². The molecule has 1 saturated heterocycles. The lowest BCUT2D eigenvalue weighted by Crippen LogP contribution is -2.49. The molecule has 1 aromatic carbocycles. The van der Waals surface area contributed by atoms with E-state index in [1.807, 2.05) is 0 Å². The Balaban J connectivity index is 1.78. The number of hydrogen-bond donors (Lipinski definition) is 2. The predicted octanol–water partition coefficient (Wildman–Crippen LogP) is 2.36. The van der Waals surface area contributed by atoms with Gasteiger partial charge >= 0.3 is 6.03 Å². The third-order valence-corrected chi connectivity index (χ3v) is 4.83. The van der Waals surface area contributed by atoms with Crippen LogP contribution in [0.4, 0.5) is 14.9 Å². The van der Waals surface area contributed by atoms with Crippen LogP contribution in [-0.4, -0.2) is 49.2 Å². The first-order chi connectivity index (χ1) is 12.2. The number of hydrogen-bond acceptors (Lipinski definition) is 3. The quantitative estimate of drug-likeness (QED) is 0.818. The maximum Gasteiger partial charge on any atom is 0.322 e. The molecule has 136 valence electrons. The van der Waals surface area contributed by atoms with Crippen molar-refractivity contribution in [2.24, 2.45) is 5.92 Å². The number of amides is 3. The molecule has 1 aromatic rings. The Morgan fingerprint density at radius 1 is 1.24 bits per heavy atom. The third kappa shape index (κ3) is 4.28. The number of carbonyl (C=O) groups is 2. The fourth-order valence-electron chi connectivity index (χ4n) is 3.60. The van der Waals surface area contributed by atoms with E-state index >= 15 is 0 Å². The highest BCUT2D eigenvalue weighted by Gasteiger charge is 2.38. The van der Waals surface area contributed by atoms with Crippen LogP contribution in [0.5, 0.6) is 0 Å². The van der Waals surface area contributed by atoms with Crippen molar-refractivity contribution in [1.29, 1.82) is 0 Å². The summed E-state index contributed by atoms with van der Waals surface area (Å²) in [6.07, 6.45) is 3.13. The first-order valence-electron chi connectivity index (χ1n) is 8.84. The normalized spacial score (nSPS) is 24.8. The molecule has 0 aromatic heterocycles. The molecule has 1 aliphatic carbocycles. The van der Waals surface area contributed by atoms with Crippen molar-refractivity contribution >= 4 is 17.6 Å². The minimum absolute atomic E-state index is 0.0308. The number of halogens is 1. The monoisotopic (exact) mass is 349 g/mol. The van der Waals surface area contributed by atoms with Crippen LogP contribution in [0.2, 0.25) is 0 Å². The zero-order valence-corrected chi connectivity index (χ0v) is 14.2. The summed E-state index contributed by atoms with van der Waals surface area (Å²) in [6.45, 7) is 1.97. The van der Waals surface area contributed by atoms with E-state index in [9.17, 15) is 14.0 Å². The van der Waals surface area contributed by atoms with Gasteiger partial charge in [0.1, 0.15) is 5.82 Å². The lowest BCUT2D eigenvalue weighted by atomic mass is 10.0. The maximum absolute atomic E-state index is 13.8. The van der Waals surface area contributed by atoms with Crippen molar-refractivity contribution in [1.82, 2.24) is 10.2 Å². The molecular weight excluding hydrogens is 325 g/mol. The van der Waals surface area contributed by atoms with Crippen LogP contribution in [0.25, 0.3) is 0 Å². The molecule has 2 aliphatic rings. The van der Waals surface area contributed by atoms with E-state index in [4.69, 9.17) is 4.74 Å². The number of para-hydroxylation sites is 1. The average Bonchev–Trinajstić information content (AvgIpc) is 3.07. The van der Waals surface area contributed by atoms with E-state index in [0.717, 1.165) is 19.3 Å². The summed E-state index contributed by atoms with van der Waals surface area (Å²) in [5.74, 6) is -0.723. The summed E-state index contributed by atoms with van der Waals surface area (Å²) < 4.78 is 19.3. The molecule has 1 saturated carbocycles. The smallest absolute Gasteiger partial charge is 0.322 e. The standard InChI is InChI=1S/C18H24FN3O3/c19-14-6-1-2-7-15(14)21-18(24)22-10-4-11-25-12-9-20-17(23)13-5-3-8-16(13)22/h1-2,6-7,13,16H,3-5,8-12H2,(H,20,23)(H,21,24)/t13-,16+/m1/s1. The van der Waals surface area contributed by atoms with E-state index in [-0.39, 0.29) is 29.6 Å². The number of nitrogens with zero attached hydrogens (tertiary/aromatic N) is 1. The molecule has 1 heterocycles. The van der Waals surface area contributed by atoms with Gasteiger partial charge in [0.25, 0.3) is 0 Å². The van der Waals surface area contributed by atoms with Crippen LogP contribution in [0.1, 0.15) is 25.7 Å². The molecule has 7 heteroatoms. The molecule has 0 radical (unpaired) electrons. The second-order valence-corrected chi connectivity index (χ2v) is 6.47. The second-order valence-electron chi connectivity index (χ2n) is 6.47. The van der Waals surface area contributed by atoms with E-state index in [0.29, 0.717) is 32.7 Å². The van der Waals surface area contributed by atoms with Crippen molar-refractivity contribution in [3.63, 3.8) is 0 Å². The molecule has 3 amide bonds. The fourth-order valence-corrected chi connectivity index (χ4v) is 3.60. The minimum atomic E-state index is -0.474. The molecular formula is C18H24FN3O3. The van der Waals surface area contributed by atoms with E-state index in [1.54, 1.807) is 17.0 Å². The number of nitrogens with one attached hydrogen (secondary N) is 2. The van der Waals surface area contributed by atoms with Crippen molar-refractivity contribution in [2.75, 3.05) is 31.6 Å². The van der Waals surface area contributed by atoms with Gasteiger partial charge in [-0.05, 0) is 31.4 Å². The molecule has 2 N–H and O–H groups in total. The fraction of sp³-hybridized carbons (Fsp3) is 0.556. The molecule has 0 bridgehead atoms. The molecule has 2 fully saturated rings. The molecule has 25 heavy (non-hydrogen) atoms. The number of benzene rings is 1. The summed E-state index contributed by atoms with van der Waals surface area (Å²) in [7, 11) is 0. The molecule has 1 aliphatic heterocycles. The summed E-state index contributed by atoms with van der Waals surface area (Å²) in [6, 6.07) is 5.56. The molecule has 6 nitrogen and oxygen atoms in total. The lowest BCUT2D eigenvalue weighted by molar-refractivity contribution is -0.126. The zero-order chi connectivity index (χ0) is 17.6. The van der Waals surface area contributed by atoms with Crippen molar-refractivity contribution < 1.29 is 18.7 Å². The highest BCUT2D eigenvalue weighted by Crippen LogP contribution is 2.31. The van der Waals surface area contributed by atoms with Gasteiger partial charge in [-0.15, -0.1) is 0 Å². The van der Waals surface area contributed by atoms with Gasteiger partial charge in [0.2, 0.25) is 5.91 Å². The van der Waals surface area contributed by atoms with Crippen molar-refractivity contribution in [3.8, 4) is 0 Å². The Hall–Kier alpha value is -2.15. The van der Waals surface area contributed by atoms with Gasteiger partial charge in [-0.3, -0.25) is 4.79 Å². The van der Waals surface area contributed by atoms with Crippen LogP contribution in [0, 0.1) is 11.7 Å². The Labute approximate surface area is 146 Å². The van der Waals surface area contributed by atoms with E-state index in [1.165, 1.54) is 12.1 Å². The van der Waals surface area contributed by atoms with E-state index < -0.39 is 5.82 Å². The molecule has 3 rings (SSSR count). The number of rotatable bonds is 1. The molecule has 2 atom stereocenters. The van der Waals surface area contributed by atoms with Gasteiger partial charge in [0.15, 0.2) is 0 Å². The Bertz CT molecular complexity index is 625. The average molecular weight is 349 g/mol. The van der Waals surface area contributed by atoms with Crippen LogP contribution in [-0.2, 0) is 9.53 Å². The first-order valence-corrected chi connectivity index (χ1v) is 8.84. The second kappa shape index (κ2) is 8.29.